The van der Waals surface area contributed by atoms with Crippen LogP contribution in [0.15, 0.2) is 5.51 Å². The third kappa shape index (κ3) is 2.11. The molecule has 0 radical (unpaired) electrons. The van der Waals surface area contributed by atoms with E-state index in [1.165, 1.54) is 11.3 Å². The van der Waals surface area contributed by atoms with E-state index in [2.05, 4.69) is 29.8 Å². The van der Waals surface area contributed by atoms with Gasteiger partial charge in [-0.2, -0.15) is 5.26 Å². The second-order valence-corrected chi connectivity index (χ2v) is 4.61. The smallest absolute Gasteiger partial charge is 0.175 e. The number of hydrogen-bond donors (Lipinski definition) is 0. The minimum Gasteiger partial charge on any atom is -0.372 e. The van der Waals surface area contributed by atoms with Crippen LogP contribution in [-0.2, 0) is 4.74 Å². The van der Waals surface area contributed by atoms with Gasteiger partial charge in [-0.05, 0) is 13.8 Å². The summed E-state index contributed by atoms with van der Waals surface area (Å²) in [5.74, 6) is 0. The van der Waals surface area contributed by atoms with Crippen LogP contribution in [0.5, 0.6) is 0 Å². The quantitative estimate of drug-likeness (QED) is 0.726. The first kappa shape index (κ1) is 10.4. The molecule has 1 saturated heterocycles. The van der Waals surface area contributed by atoms with E-state index < -0.39 is 0 Å². The van der Waals surface area contributed by atoms with Crippen LogP contribution in [0.25, 0.3) is 0 Å². The molecule has 1 aromatic rings. The summed E-state index contributed by atoms with van der Waals surface area (Å²) in [6, 6.07) is 2.12. The van der Waals surface area contributed by atoms with Crippen LogP contribution in [0.4, 0.5) is 5.00 Å². The van der Waals surface area contributed by atoms with E-state index in [9.17, 15) is 0 Å². The topological polar surface area (TPSA) is 49.2 Å². The van der Waals surface area contributed by atoms with Crippen LogP contribution < -0.4 is 4.90 Å². The second-order valence-electron chi connectivity index (χ2n) is 3.78. The van der Waals surface area contributed by atoms with Gasteiger partial charge in [-0.25, -0.2) is 4.98 Å². The van der Waals surface area contributed by atoms with Crippen molar-refractivity contribution in [2.45, 2.75) is 26.1 Å². The van der Waals surface area contributed by atoms with Gasteiger partial charge in [-0.1, -0.05) is 0 Å². The van der Waals surface area contributed by atoms with Crippen molar-refractivity contribution in [1.29, 1.82) is 5.26 Å². The van der Waals surface area contributed by atoms with E-state index in [-0.39, 0.29) is 12.2 Å². The van der Waals surface area contributed by atoms with Crippen LogP contribution in [-0.4, -0.2) is 30.3 Å². The summed E-state index contributed by atoms with van der Waals surface area (Å²) < 4.78 is 5.65. The van der Waals surface area contributed by atoms with Crippen LogP contribution in [0.3, 0.4) is 0 Å². The highest BCUT2D eigenvalue weighted by Gasteiger charge is 2.25. The molecular formula is C10H13N3OS. The zero-order valence-electron chi connectivity index (χ0n) is 8.80. The number of aromatic nitrogens is 1. The Morgan fingerprint density at radius 2 is 2.20 bits per heavy atom. The van der Waals surface area contributed by atoms with Gasteiger partial charge in [-0.3, -0.25) is 0 Å². The molecule has 1 aliphatic heterocycles. The molecule has 0 amide bonds. The lowest BCUT2D eigenvalue weighted by atomic mass is 10.2. The van der Waals surface area contributed by atoms with Gasteiger partial charge in [0.25, 0.3) is 0 Å². The Kier molecular flexibility index (Phi) is 2.89. The van der Waals surface area contributed by atoms with Gasteiger partial charge in [0.2, 0.25) is 0 Å². The van der Waals surface area contributed by atoms with Crippen LogP contribution in [0.1, 0.15) is 19.5 Å². The molecule has 4 nitrogen and oxygen atoms in total. The summed E-state index contributed by atoms with van der Waals surface area (Å²) in [5, 5.41) is 9.88. The number of nitriles is 1. The van der Waals surface area contributed by atoms with Crippen LogP contribution in [0, 0.1) is 11.3 Å². The third-order valence-electron chi connectivity index (χ3n) is 2.36. The van der Waals surface area contributed by atoms with E-state index in [1.54, 1.807) is 5.51 Å². The first-order valence-corrected chi connectivity index (χ1v) is 5.82. The first-order valence-electron chi connectivity index (χ1n) is 4.94. The van der Waals surface area contributed by atoms with Gasteiger partial charge in [0.05, 0.1) is 17.7 Å². The molecule has 1 aromatic heterocycles. The van der Waals surface area contributed by atoms with Crippen molar-refractivity contribution in [3.05, 3.63) is 11.2 Å². The summed E-state index contributed by atoms with van der Waals surface area (Å²) in [7, 11) is 0. The molecule has 0 bridgehead atoms. The number of anilines is 1. The normalized spacial score (nSPS) is 26.3. The maximum atomic E-state index is 8.91. The van der Waals surface area contributed by atoms with E-state index >= 15 is 0 Å². The summed E-state index contributed by atoms with van der Waals surface area (Å²) in [5.41, 5.74) is 2.25. The summed E-state index contributed by atoms with van der Waals surface area (Å²) in [6.07, 6.45) is 0.421. The summed E-state index contributed by atoms with van der Waals surface area (Å²) in [4.78, 5) is 6.22. The van der Waals surface area contributed by atoms with Crippen LogP contribution in [0.2, 0.25) is 0 Å². The maximum Gasteiger partial charge on any atom is 0.175 e. The Hall–Kier alpha value is -1.12. The highest BCUT2D eigenvalue weighted by atomic mass is 32.1. The molecule has 2 heterocycles. The molecule has 0 N–H and O–H groups in total. The zero-order chi connectivity index (χ0) is 10.8. The average molecular weight is 223 g/mol. The average Bonchev–Trinajstić information content (AvgIpc) is 2.63. The van der Waals surface area contributed by atoms with Gasteiger partial charge >= 0.3 is 0 Å². The van der Waals surface area contributed by atoms with Gasteiger partial charge < -0.3 is 9.64 Å². The molecule has 0 aliphatic carbocycles. The molecule has 0 spiro atoms. The monoisotopic (exact) mass is 223 g/mol. The summed E-state index contributed by atoms with van der Waals surface area (Å²) >= 11 is 1.52. The van der Waals surface area contributed by atoms with E-state index in [0.717, 1.165) is 18.1 Å². The molecule has 0 saturated carbocycles. The lowest BCUT2D eigenvalue weighted by molar-refractivity contribution is -0.00503. The van der Waals surface area contributed by atoms with Gasteiger partial charge in [0.1, 0.15) is 11.1 Å². The van der Waals surface area contributed by atoms with Crippen molar-refractivity contribution in [3.63, 3.8) is 0 Å². The van der Waals surface area contributed by atoms with E-state index in [0.29, 0.717) is 5.69 Å². The Morgan fingerprint density at radius 3 is 2.80 bits per heavy atom. The van der Waals surface area contributed by atoms with Crippen LogP contribution >= 0.6 is 11.3 Å². The highest BCUT2D eigenvalue weighted by Crippen LogP contribution is 2.27. The fourth-order valence-electron chi connectivity index (χ4n) is 1.88. The molecule has 2 rings (SSSR count). The largest absolute Gasteiger partial charge is 0.372 e. The van der Waals surface area contributed by atoms with Crippen molar-refractivity contribution in [1.82, 2.24) is 4.98 Å². The Balaban J connectivity index is 2.20. The fourth-order valence-corrected chi connectivity index (χ4v) is 2.65. The molecule has 80 valence electrons. The van der Waals surface area contributed by atoms with Crippen molar-refractivity contribution in [3.8, 4) is 6.07 Å². The van der Waals surface area contributed by atoms with Gasteiger partial charge in [0.15, 0.2) is 5.69 Å². The SMILES string of the molecule is CC1CN(c2scnc2C#N)CC(C)O1. The maximum absolute atomic E-state index is 8.91. The number of nitrogens with zero attached hydrogens (tertiary/aromatic N) is 3. The number of morpholine rings is 1. The molecule has 2 atom stereocenters. The minimum atomic E-state index is 0.211. The fraction of sp³-hybridized carbons (Fsp3) is 0.600. The standard InChI is InChI=1S/C10H13N3OS/c1-7-4-13(5-8(2)14-7)10-9(3-11)12-6-15-10/h6-8H,4-5H2,1-2H3. The van der Waals surface area contributed by atoms with Crippen molar-refractivity contribution < 1.29 is 4.74 Å². The molecular weight excluding hydrogens is 210 g/mol. The first-order chi connectivity index (χ1) is 7.20. The van der Waals surface area contributed by atoms with E-state index in [1.807, 2.05) is 0 Å². The summed E-state index contributed by atoms with van der Waals surface area (Å²) in [6.45, 7) is 5.77. The number of rotatable bonds is 1. The molecule has 0 aromatic carbocycles. The second kappa shape index (κ2) is 4.17. The van der Waals surface area contributed by atoms with Gasteiger partial charge in [-0.15, -0.1) is 11.3 Å². The number of hydrogen-bond acceptors (Lipinski definition) is 5. The number of thiazole rings is 1. The highest BCUT2D eigenvalue weighted by molar-refractivity contribution is 7.14. The lowest BCUT2D eigenvalue weighted by Gasteiger charge is -2.35. The van der Waals surface area contributed by atoms with Crippen molar-refractivity contribution in [2.75, 3.05) is 18.0 Å². The Bertz CT molecular complexity index is 374. The molecule has 1 fully saturated rings. The number of ether oxygens (including phenoxy) is 1. The molecule has 1 aliphatic rings. The van der Waals surface area contributed by atoms with Crippen molar-refractivity contribution in [2.24, 2.45) is 0 Å². The van der Waals surface area contributed by atoms with E-state index in [4.69, 9.17) is 10.00 Å². The third-order valence-corrected chi connectivity index (χ3v) is 3.25. The van der Waals surface area contributed by atoms with Crippen molar-refractivity contribution >= 4 is 16.3 Å². The minimum absolute atomic E-state index is 0.211. The molecule has 2 unspecified atom stereocenters. The Labute approximate surface area is 93.1 Å². The Morgan fingerprint density at radius 1 is 1.53 bits per heavy atom. The zero-order valence-corrected chi connectivity index (χ0v) is 9.62. The predicted molar refractivity (Wildman–Crippen MR) is 59.1 cm³/mol. The molecule has 5 heteroatoms. The molecule has 15 heavy (non-hydrogen) atoms. The lowest BCUT2D eigenvalue weighted by Crippen LogP contribution is -2.45. The van der Waals surface area contributed by atoms with Gasteiger partial charge in [0, 0.05) is 13.1 Å². The predicted octanol–water partition coefficient (Wildman–Crippen LogP) is 1.63.